The van der Waals surface area contributed by atoms with Gasteiger partial charge in [-0.05, 0) is 30.5 Å². The van der Waals surface area contributed by atoms with Crippen LogP contribution in [0.3, 0.4) is 0 Å². The van der Waals surface area contributed by atoms with Crippen LogP contribution in [0.1, 0.15) is 42.9 Å². The lowest BCUT2D eigenvalue weighted by atomic mass is 10.1. The Morgan fingerprint density at radius 1 is 1.26 bits per heavy atom. The van der Waals surface area contributed by atoms with Gasteiger partial charge in [-0.1, -0.05) is 42.8 Å². The molecule has 1 unspecified atom stereocenters. The van der Waals surface area contributed by atoms with Crippen molar-refractivity contribution in [2.45, 2.75) is 31.7 Å². The molecule has 0 aliphatic heterocycles. The van der Waals surface area contributed by atoms with Crippen molar-refractivity contribution in [2.24, 2.45) is 0 Å². The van der Waals surface area contributed by atoms with Crippen molar-refractivity contribution in [3.63, 3.8) is 0 Å². The molecule has 0 spiro atoms. The third-order valence-corrected chi connectivity index (χ3v) is 3.32. The SMILES string of the molecule is O=C(CCCCCNC1C=Cc2ccccc21)OO. The van der Waals surface area contributed by atoms with Crippen LogP contribution in [-0.2, 0) is 9.68 Å². The van der Waals surface area contributed by atoms with Crippen LogP contribution in [0.15, 0.2) is 30.3 Å². The Balaban J connectivity index is 1.63. The zero-order chi connectivity index (χ0) is 13.5. The van der Waals surface area contributed by atoms with E-state index >= 15 is 0 Å². The standard InChI is InChI=1S/C15H19NO3/c17-15(19-18)8-2-1-5-11-16-14-10-9-12-6-3-4-7-13(12)14/h3-4,6-7,9-10,14,16,18H,1-2,5,8,11H2. The topological polar surface area (TPSA) is 58.6 Å². The Labute approximate surface area is 113 Å². The molecule has 0 radical (unpaired) electrons. The molecule has 0 amide bonds. The summed E-state index contributed by atoms with van der Waals surface area (Å²) in [5.74, 6) is -0.555. The maximum atomic E-state index is 10.7. The van der Waals surface area contributed by atoms with Crippen LogP contribution in [0.25, 0.3) is 6.08 Å². The molecule has 19 heavy (non-hydrogen) atoms. The molecule has 4 heteroatoms. The molecule has 4 nitrogen and oxygen atoms in total. The lowest BCUT2D eigenvalue weighted by Gasteiger charge is -2.13. The minimum atomic E-state index is -0.555. The zero-order valence-electron chi connectivity index (χ0n) is 10.8. The molecule has 1 aromatic carbocycles. The van der Waals surface area contributed by atoms with Gasteiger partial charge >= 0.3 is 5.97 Å². The highest BCUT2D eigenvalue weighted by Crippen LogP contribution is 2.27. The van der Waals surface area contributed by atoms with Crippen molar-refractivity contribution in [1.82, 2.24) is 5.32 Å². The number of carbonyl (C=O) groups is 1. The average Bonchev–Trinajstić information content (AvgIpc) is 2.85. The van der Waals surface area contributed by atoms with E-state index in [9.17, 15) is 4.79 Å². The average molecular weight is 261 g/mol. The molecule has 0 aromatic heterocycles. The predicted molar refractivity (Wildman–Crippen MR) is 73.4 cm³/mol. The summed E-state index contributed by atoms with van der Waals surface area (Å²) in [6.07, 6.45) is 7.30. The van der Waals surface area contributed by atoms with E-state index < -0.39 is 5.97 Å². The monoisotopic (exact) mass is 261 g/mol. The van der Waals surface area contributed by atoms with Gasteiger partial charge in [0.15, 0.2) is 0 Å². The normalized spacial score (nSPS) is 16.4. The van der Waals surface area contributed by atoms with Gasteiger partial charge in [-0.3, -0.25) is 0 Å². The molecule has 0 saturated carbocycles. The Bertz CT molecular complexity index is 456. The zero-order valence-corrected chi connectivity index (χ0v) is 10.8. The van der Waals surface area contributed by atoms with Gasteiger partial charge in [0.25, 0.3) is 0 Å². The third kappa shape index (κ3) is 3.91. The van der Waals surface area contributed by atoms with Crippen LogP contribution in [0.4, 0.5) is 0 Å². The van der Waals surface area contributed by atoms with Crippen LogP contribution in [0.2, 0.25) is 0 Å². The van der Waals surface area contributed by atoms with E-state index in [1.165, 1.54) is 11.1 Å². The number of carbonyl (C=O) groups excluding carboxylic acids is 1. The molecule has 1 aliphatic carbocycles. The number of fused-ring (bicyclic) bond motifs is 1. The van der Waals surface area contributed by atoms with Crippen LogP contribution >= 0.6 is 0 Å². The van der Waals surface area contributed by atoms with Gasteiger partial charge in [-0.2, -0.15) is 5.26 Å². The summed E-state index contributed by atoms with van der Waals surface area (Å²) in [5, 5.41) is 11.6. The fourth-order valence-electron chi connectivity index (χ4n) is 2.30. The molecule has 1 aromatic rings. The van der Waals surface area contributed by atoms with Crippen molar-refractivity contribution in [1.29, 1.82) is 0 Å². The summed E-state index contributed by atoms with van der Waals surface area (Å²) in [5.41, 5.74) is 2.61. The predicted octanol–water partition coefficient (Wildman–Crippen LogP) is 2.92. The van der Waals surface area contributed by atoms with Crippen molar-refractivity contribution in [3.8, 4) is 0 Å². The Morgan fingerprint density at radius 3 is 2.95 bits per heavy atom. The number of unbranched alkanes of at least 4 members (excludes halogenated alkanes) is 2. The van der Waals surface area contributed by atoms with E-state index in [1.807, 2.05) is 6.07 Å². The lowest BCUT2D eigenvalue weighted by molar-refractivity contribution is -0.234. The van der Waals surface area contributed by atoms with Gasteiger partial charge in [0.05, 0.1) is 6.04 Å². The molecule has 0 bridgehead atoms. The first kappa shape index (κ1) is 13.8. The first-order valence-electron chi connectivity index (χ1n) is 6.66. The molecule has 2 N–H and O–H groups in total. The molecule has 1 atom stereocenters. The van der Waals surface area contributed by atoms with Gasteiger partial charge in [-0.25, -0.2) is 4.79 Å². The maximum Gasteiger partial charge on any atom is 0.342 e. The fraction of sp³-hybridized carbons (Fsp3) is 0.400. The number of benzene rings is 1. The van der Waals surface area contributed by atoms with E-state index in [1.54, 1.807) is 0 Å². The Kier molecular flexibility index (Phi) is 5.12. The van der Waals surface area contributed by atoms with Gasteiger partial charge in [-0.15, -0.1) is 0 Å². The van der Waals surface area contributed by atoms with Crippen LogP contribution in [0, 0.1) is 0 Å². The summed E-state index contributed by atoms with van der Waals surface area (Å²) in [4.78, 5) is 14.3. The quantitative estimate of drug-likeness (QED) is 0.450. The summed E-state index contributed by atoms with van der Waals surface area (Å²) in [7, 11) is 0. The number of nitrogens with one attached hydrogen (secondary N) is 1. The summed E-state index contributed by atoms with van der Waals surface area (Å²) < 4.78 is 0. The van der Waals surface area contributed by atoms with Crippen molar-refractivity contribution >= 4 is 12.0 Å². The van der Waals surface area contributed by atoms with E-state index in [0.29, 0.717) is 6.04 Å². The van der Waals surface area contributed by atoms with E-state index in [2.05, 4.69) is 40.6 Å². The molecule has 0 saturated heterocycles. The smallest absolute Gasteiger partial charge is 0.307 e. The van der Waals surface area contributed by atoms with Gasteiger partial charge in [0.1, 0.15) is 0 Å². The van der Waals surface area contributed by atoms with Gasteiger partial charge in [0.2, 0.25) is 0 Å². The number of rotatable bonds is 7. The highest BCUT2D eigenvalue weighted by molar-refractivity contribution is 5.68. The van der Waals surface area contributed by atoms with E-state index in [-0.39, 0.29) is 6.42 Å². The second-order valence-electron chi connectivity index (χ2n) is 4.69. The third-order valence-electron chi connectivity index (χ3n) is 3.32. The lowest BCUT2D eigenvalue weighted by Crippen LogP contribution is -2.19. The highest BCUT2D eigenvalue weighted by Gasteiger charge is 2.15. The van der Waals surface area contributed by atoms with Gasteiger partial charge in [0, 0.05) is 6.42 Å². The molecular weight excluding hydrogens is 242 g/mol. The van der Waals surface area contributed by atoms with Crippen molar-refractivity contribution in [2.75, 3.05) is 6.54 Å². The second-order valence-corrected chi connectivity index (χ2v) is 4.69. The molecule has 1 aliphatic rings. The minimum Gasteiger partial charge on any atom is -0.307 e. The van der Waals surface area contributed by atoms with Crippen molar-refractivity contribution < 1.29 is 14.9 Å². The first-order chi connectivity index (χ1) is 9.31. The fourth-order valence-corrected chi connectivity index (χ4v) is 2.30. The Hall–Kier alpha value is -1.65. The summed E-state index contributed by atoms with van der Waals surface area (Å²) in [6.45, 7) is 0.914. The summed E-state index contributed by atoms with van der Waals surface area (Å²) in [6, 6.07) is 8.67. The number of hydrogen-bond acceptors (Lipinski definition) is 4. The number of hydrogen-bond donors (Lipinski definition) is 2. The highest BCUT2D eigenvalue weighted by atomic mass is 17.1. The largest absolute Gasteiger partial charge is 0.342 e. The van der Waals surface area contributed by atoms with Crippen LogP contribution in [-0.4, -0.2) is 17.8 Å². The van der Waals surface area contributed by atoms with Gasteiger partial charge < -0.3 is 10.2 Å². The minimum absolute atomic E-state index is 0.280. The first-order valence-corrected chi connectivity index (χ1v) is 6.66. The van der Waals surface area contributed by atoms with Crippen molar-refractivity contribution in [3.05, 3.63) is 41.5 Å². The molecule has 2 rings (SSSR count). The van der Waals surface area contributed by atoms with E-state index in [4.69, 9.17) is 5.26 Å². The molecule has 0 heterocycles. The Morgan fingerprint density at radius 2 is 2.11 bits per heavy atom. The second kappa shape index (κ2) is 7.07. The molecular formula is C15H19NO3. The van der Waals surface area contributed by atoms with E-state index in [0.717, 1.165) is 25.8 Å². The van der Waals surface area contributed by atoms with Crippen LogP contribution < -0.4 is 5.32 Å². The molecule has 102 valence electrons. The summed E-state index contributed by atoms with van der Waals surface area (Å²) >= 11 is 0. The molecule has 0 fully saturated rings. The maximum absolute atomic E-state index is 10.7. The van der Waals surface area contributed by atoms with Crippen LogP contribution in [0.5, 0.6) is 0 Å².